The molecule has 2 heterocycles. The first kappa shape index (κ1) is 12.1. The van der Waals surface area contributed by atoms with Gasteiger partial charge in [-0.2, -0.15) is 4.31 Å². The number of carbonyl (C=O) groups is 1. The Hall–Kier alpha value is -1.34. The SMILES string of the molecule is Cn1ccc(S(=O)(=O)N2CCNC(=O)CC2)c1. The van der Waals surface area contributed by atoms with Crippen LogP contribution in [-0.2, 0) is 21.9 Å². The van der Waals surface area contributed by atoms with Gasteiger partial charge in [-0.05, 0) is 6.07 Å². The number of hydrogen-bond acceptors (Lipinski definition) is 3. The van der Waals surface area contributed by atoms with E-state index < -0.39 is 10.0 Å². The molecule has 0 bridgehead atoms. The lowest BCUT2D eigenvalue weighted by Gasteiger charge is -2.18. The average Bonchev–Trinajstić information content (AvgIpc) is 2.58. The van der Waals surface area contributed by atoms with Crippen molar-refractivity contribution in [1.82, 2.24) is 14.2 Å². The lowest BCUT2D eigenvalue weighted by Crippen LogP contribution is -2.34. The number of sulfonamides is 1. The normalized spacial score (nSPS) is 18.8. The van der Waals surface area contributed by atoms with E-state index in [1.54, 1.807) is 30.1 Å². The first-order valence-electron chi connectivity index (χ1n) is 5.39. The molecule has 94 valence electrons. The van der Waals surface area contributed by atoms with E-state index in [1.807, 2.05) is 0 Å². The quantitative estimate of drug-likeness (QED) is 0.779. The standard InChI is InChI=1S/C10H15N3O3S/c1-12-5-2-9(8-12)17(15,16)13-6-3-10(14)11-4-7-13/h2,5,8H,3-4,6-7H2,1H3,(H,11,14). The Balaban J connectivity index is 2.23. The van der Waals surface area contributed by atoms with Gasteiger partial charge in [-0.25, -0.2) is 8.42 Å². The molecule has 1 aliphatic heterocycles. The van der Waals surface area contributed by atoms with Crippen LogP contribution < -0.4 is 5.32 Å². The first-order chi connectivity index (χ1) is 8.00. The number of aromatic nitrogens is 1. The van der Waals surface area contributed by atoms with Gasteiger partial charge in [-0.1, -0.05) is 0 Å². The molecule has 1 aromatic heterocycles. The van der Waals surface area contributed by atoms with E-state index in [1.165, 1.54) is 4.31 Å². The topological polar surface area (TPSA) is 71.4 Å². The number of nitrogens with one attached hydrogen (secondary N) is 1. The first-order valence-corrected chi connectivity index (χ1v) is 6.83. The Morgan fingerprint density at radius 2 is 2.12 bits per heavy atom. The molecule has 6 nitrogen and oxygen atoms in total. The van der Waals surface area contributed by atoms with Crippen molar-refractivity contribution in [1.29, 1.82) is 0 Å². The van der Waals surface area contributed by atoms with Gasteiger partial charge < -0.3 is 9.88 Å². The lowest BCUT2D eigenvalue weighted by atomic mass is 10.4. The predicted molar refractivity (Wildman–Crippen MR) is 61.8 cm³/mol. The maximum atomic E-state index is 12.2. The van der Waals surface area contributed by atoms with Crippen LogP contribution in [0.15, 0.2) is 23.4 Å². The molecule has 0 spiro atoms. The fourth-order valence-electron chi connectivity index (χ4n) is 1.77. The summed E-state index contributed by atoms with van der Waals surface area (Å²) in [6.45, 7) is 0.928. The van der Waals surface area contributed by atoms with Gasteiger partial charge in [-0.15, -0.1) is 0 Å². The fourth-order valence-corrected chi connectivity index (χ4v) is 3.26. The van der Waals surface area contributed by atoms with E-state index in [-0.39, 0.29) is 23.8 Å². The zero-order valence-corrected chi connectivity index (χ0v) is 10.4. The summed E-state index contributed by atoms with van der Waals surface area (Å²) in [5.41, 5.74) is 0. The van der Waals surface area contributed by atoms with E-state index in [4.69, 9.17) is 0 Å². The van der Waals surface area contributed by atoms with E-state index in [0.717, 1.165) is 0 Å². The third-order valence-corrected chi connectivity index (χ3v) is 4.60. The zero-order valence-electron chi connectivity index (χ0n) is 9.59. The lowest BCUT2D eigenvalue weighted by molar-refractivity contribution is -0.120. The molecule has 1 fully saturated rings. The molecule has 1 aliphatic rings. The van der Waals surface area contributed by atoms with Crippen LogP contribution in [0.4, 0.5) is 0 Å². The van der Waals surface area contributed by atoms with Gasteiger partial charge in [0.15, 0.2) is 0 Å². The van der Waals surface area contributed by atoms with Crippen molar-refractivity contribution in [2.24, 2.45) is 7.05 Å². The van der Waals surface area contributed by atoms with Gasteiger partial charge in [-0.3, -0.25) is 4.79 Å². The third kappa shape index (κ3) is 2.50. The van der Waals surface area contributed by atoms with Gasteiger partial charge in [0.05, 0.1) is 4.90 Å². The highest BCUT2D eigenvalue weighted by molar-refractivity contribution is 7.89. The Morgan fingerprint density at radius 1 is 1.35 bits per heavy atom. The molecule has 0 saturated carbocycles. The highest BCUT2D eigenvalue weighted by atomic mass is 32.2. The van der Waals surface area contributed by atoms with Gasteiger partial charge >= 0.3 is 0 Å². The van der Waals surface area contributed by atoms with Crippen molar-refractivity contribution in [3.05, 3.63) is 18.5 Å². The van der Waals surface area contributed by atoms with E-state index in [9.17, 15) is 13.2 Å². The second-order valence-electron chi connectivity index (χ2n) is 4.02. The van der Waals surface area contributed by atoms with Gasteiger partial charge in [0.25, 0.3) is 0 Å². The molecule has 0 radical (unpaired) electrons. The molecule has 7 heteroatoms. The van der Waals surface area contributed by atoms with Gasteiger partial charge in [0.2, 0.25) is 15.9 Å². The second kappa shape index (κ2) is 4.50. The predicted octanol–water partition coefficient (Wildman–Crippen LogP) is -0.464. The molecule has 1 aromatic rings. The molecule has 1 N–H and O–H groups in total. The zero-order chi connectivity index (χ0) is 12.5. The van der Waals surface area contributed by atoms with Crippen LogP contribution in [0.5, 0.6) is 0 Å². The van der Waals surface area contributed by atoms with Crippen molar-refractivity contribution in [3.8, 4) is 0 Å². The molecule has 0 unspecified atom stereocenters. The summed E-state index contributed by atoms with van der Waals surface area (Å²) in [4.78, 5) is 11.4. The molecule has 2 rings (SSSR count). The highest BCUT2D eigenvalue weighted by Crippen LogP contribution is 2.16. The van der Waals surface area contributed by atoms with Crippen LogP contribution in [0.2, 0.25) is 0 Å². The van der Waals surface area contributed by atoms with Crippen LogP contribution in [0.25, 0.3) is 0 Å². The van der Waals surface area contributed by atoms with Crippen molar-refractivity contribution < 1.29 is 13.2 Å². The summed E-state index contributed by atoms with van der Waals surface area (Å²) in [5.74, 6) is -0.101. The third-order valence-electron chi connectivity index (χ3n) is 2.71. The molecule has 0 atom stereocenters. The Labute approximate surface area is 100 Å². The maximum Gasteiger partial charge on any atom is 0.244 e. The van der Waals surface area contributed by atoms with E-state index in [0.29, 0.717) is 13.1 Å². The Morgan fingerprint density at radius 3 is 2.76 bits per heavy atom. The summed E-state index contributed by atoms with van der Waals surface area (Å²) in [6, 6.07) is 1.56. The monoisotopic (exact) mass is 257 g/mol. The summed E-state index contributed by atoms with van der Waals surface area (Å²) in [6.07, 6.45) is 3.47. The maximum absolute atomic E-state index is 12.2. The van der Waals surface area contributed by atoms with Crippen molar-refractivity contribution in [3.63, 3.8) is 0 Å². The highest BCUT2D eigenvalue weighted by Gasteiger charge is 2.27. The molecule has 17 heavy (non-hydrogen) atoms. The van der Waals surface area contributed by atoms with Crippen molar-refractivity contribution >= 4 is 15.9 Å². The molecule has 1 amide bonds. The molecule has 0 aliphatic carbocycles. The van der Waals surface area contributed by atoms with Crippen LogP contribution in [0, 0.1) is 0 Å². The average molecular weight is 257 g/mol. The second-order valence-corrected chi connectivity index (χ2v) is 5.95. The summed E-state index contributed by atoms with van der Waals surface area (Å²) < 4.78 is 27.5. The Bertz CT molecular complexity index is 521. The number of nitrogens with zero attached hydrogens (tertiary/aromatic N) is 2. The number of hydrogen-bond donors (Lipinski definition) is 1. The molecular weight excluding hydrogens is 242 g/mol. The Kier molecular flexibility index (Phi) is 3.21. The molecular formula is C10H15N3O3S. The smallest absolute Gasteiger partial charge is 0.244 e. The van der Waals surface area contributed by atoms with E-state index in [2.05, 4.69) is 5.32 Å². The van der Waals surface area contributed by atoms with E-state index >= 15 is 0 Å². The van der Waals surface area contributed by atoms with Crippen LogP contribution in [0.1, 0.15) is 6.42 Å². The number of amides is 1. The van der Waals surface area contributed by atoms with Crippen molar-refractivity contribution in [2.45, 2.75) is 11.3 Å². The van der Waals surface area contributed by atoms with Gasteiger partial charge in [0, 0.05) is 45.5 Å². The van der Waals surface area contributed by atoms with Crippen LogP contribution in [0.3, 0.4) is 0 Å². The minimum atomic E-state index is -3.47. The molecule has 1 saturated heterocycles. The minimum absolute atomic E-state index is 0.101. The van der Waals surface area contributed by atoms with Crippen LogP contribution in [-0.4, -0.2) is 42.8 Å². The van der Waals surface area contributed by atoms with Crippen LogP contribution >= 0.6 is 0 Å². The summed E-state index contributed by atoms with van der Waals surface area (Å²) in [7, 11) is -1.70. The number of carbonyl (C=O) groups excluding carboxylic acids is 1. The summed E-state index contributed by atoms with van der Waals surface area (Å²) >= 11 is 0. The fraction of sp³-hybridized carbons (Fsp3) is 0.500. The minimum Gasteiger partial charge on any atom is -0.356 e. The largest absolute Gasteiger partial charge is 0.356 e. The van der Waals surface area contributed by atoms with Gasteiger partial charge in [0.1, 0.15) is 0 Å². The number of aryl methyl sites for hydroxylation is 1. The number of rotatable bonds is 2. The summed E-state index contributed by atoms with van der Waals surface area (Å²) in [5, 5.41) is 2.65. The van der Waals surface area contributed by atoms with Crippen molar-refractivity contribution in [2.75, 3.05) is 19.6 Å². The molecule has 0 aromatic carbocycles.